The van der Waals surface area contributed by atoms with Crippen molar-refractivity contribution < 1.29 is 24.5 Å². The summed E-state index contributed by atoms with van der Waals surface area (Å²) in [5, 5.41) is 18.3. The Labute approximate surface area is 119 Å². The number of aromatic carboxylic acids is 2. The van der Waals surface area contributed by atoms with Gasteiger partial charge in [-0.25, -0.2) is 9.59 Å². The molecular weight excluding hydrogens is 288 g/mol. The molecule has 0 atom stereocenters. The average Bonchev–Trinajstić information content (AvgIpc) is 2.65. The SMILES string of the molecule is CCCCC(=S)Oc1c(C(=O)O)sc(C(=O)O)c1C. The molecule has 2 N–H and O–H groups in total. The van der Waals surface area contributed by atoms with Gasteiger partial charge in [-0.3, -0.25) is 0 Å². The molecule has 1 rings (SSSR count). The first kappa shape index (κ1) is 15.6. The van der Waals surface area contributed by atoms with Gasteiger partial charge >= 0.3 is 11.9 Å². The van der Waals surface area contributed by atoms with Crippen LogP contribution in [0.2, 0.25) is 0 Å². The predicted octanol–water partition coefficient (Wildman–Crippen LogP) is 3.35. The van der Waals surface area contributed by atoms with E-state index in [1.807, 2.05) is 6.92 Å². The molecule has 0 aliphatic carbocycles. The zero-order valence-corrected chi connectivity index (χ0v) is 12.2. The van der Waals surface area contributed by atoms with Crippen molar-refractivity contribution in [1.29, 1.82) is 0 Å². The molecule has 7 heteroatoms. The molecule has 1 aromatic rings. The number of carboxylic acid groups (broad SMARTS) is 2. The Balaban J connectivity index is 3.07. The molecule has 0 radical (unpaired) electrons. The number of carbonyl (C=O) groups is 2. The van der Waals surface area contributed by atoms with E-state index in [1.54, 1.807) is 0 Å². The van der Waals surface area contributed by atoms with Gasteiger partial charge in [0.15, 0.2) is 15.7 Å². The van der Waals surface area contributed by atoms with Crippen molar-refractivity contribution in [2.45, 2.75) is 33.1 Å². The van der Waals surface area contributed by atoms with Crippen molar-refractivity contribution in [3.63, 3.8) is 0 Å². The van der Waals surface area contributed by atoms with Crippen LogP contribution < -0.4 is 4.74 Å². The fourth-order valence-electron chi connectivity index (χ4n) is 1.45. The molecule has 0 unspecified atom stereocenters. The molecule has 1 heterocycles. The molecular formula is C12H14O5S2. The number of thiophene rings is 1. The summed E-state index contributed by atoms with van der Waals surface area (Å²) in [4.78, 5) is 21.9. The number of carboxylic acids is 2. The topological polar surface area (TPSA) is 83.8 Å². The van der Waals surface area contributed by atoms with Crippen LogP contribution in [0.25, 0.3) is 0 Å². The first-order valence-electron chi connectivity index (χ1n) is 5.69. The fraction of sp³-hybridized carbons (Fsp3) is 0.417. The fourth-order valence-corrected chi connectivity index (χ4v) is 2.59. The van der Waals surface area contributed by atoms with Crippen LogP contribution >= 0.6 is 23.6 Å². The Morgan fingerprint density at radius 2 is 1.84 bits per heavy atom. The highest BCUT2D eigenvalue weighted by Crippen LogP contribution is 2.35. The molecule has 19 heavy (non-hydrogen) atoms. The number of rotatable bonds is 6. The second kappa shape index (κ2) is 6.63. The summed E-state index contributed by atoms with van der Waals surface area (Å²) in [6.45, 7) is 3.52. The zero-order chi connectivity index (χ0) is 14.6. The van der Waals surface area contributed by atoms with E-state index >= 15 is 0 Å². The molecule has 0 fully saturated rings. The standard InChI is InChI=1S/C12H14O5S2/c1-3-4-5-7(18)17-8-6(2)9(11(13)14)19-10(8)12(15)16/h3-5H2,1-2H3,(H,13,14)(H,15,16). The maximum Gasteiger partial charge on any atom is 0.349 e. The predicted molar refractivity (Wildman–Crippen MR) is 75.7 cm³/mol. The van der Waals surface area contributed by atoms with Crippen LogP contribution in [0.3, 0.4) is 0 Å². The van der Waals surface area contributed by atoms with Crippen LogP contribution in [0.5, 0.6) is 5.75 Å². The molecule has 0 aliphatic rings. The number of ether oxygens (including phenoxy) is 1. The molecule has 0 aliphatic heterocycles. The Bertz CT molecular complexity index is 518. The highest BCUT2D eigenvalue weighted by molar-refractivity contribution is 7.80. The van der Waals surface area contributed by atoms with Gasteiger partial charge < -0.3 is 14.9 Å². The minimum atomic E-state index is -1.21. The van der Waals surface area contributed by atoms with Gasteiger partial charge in [-0.05, 0) is 25.6 Å². The highest BCUT2D eigenvalue weighted by atomic mass is 32.1. The van der Waals surface area contributed by atoms with Gasteiger partial charge in [0.2, 0.25) is 0 Å². The summed E-state index contributed by atoms with van der Waals surface area (Å²) in [6.07, 6.45) is 2.33. The summed E-state index contributed by atoms with van der Waals surface area (Å²) < 4.78 is 5.37. The van der Waals surface area contributed by atoms with E-state index in [4.69, 9.17) is 27.2 Å². The summed E-state index contributed by atoms with van der Waals surface area (Å²) in [5.74, 6) is -2.33. The maximum absolute atomic E-state index is 11.1. The molecule has 0 saturated carbocycles. The minimum absolute atomic E-state index is 0.0364. The van der Waals surface area contributed by atoms with Gasteiger partial charge in [0, 0.05) is 12.0 Å². The number of hydrogen-bond donors (Lipinski definition) is 2. The first-order valence-corrected chi connectivity index (χ1v) is 6.91. The van der Waals surface area contributed by atoms with E-state index in [1.165, 1.54) is 6.92 Å². The summed E-state index contributed by atoms with van der Waals surface area (Å²) in [7, 11) is 0. The lowest BCUT2D eigenvalue weighted by molar-refractivity contribution is 0.0690. The lowest BCUT2D eigenvalue weighted by Gasteiger charge is -2.07. The minimum Gasteiger partial charge on any atom is -0.477 e. The normalized spacial score (nSPS) is 10.2. The van der Waals surface area contributed by atoms with Gasteiger partial charge in [-0.2, -0.15) is 0 Å². The van der Waals surface area contributed by atoms with E-state index in [0.29, 0.717) is 23.3 Å². The van der Waals surface area contributed by atoms with Crippen molar-refractivity contribution >= 4 is 40.5 Å². The second-order valence-corrected chi connectivity index (χ2v) is 5.38. The van der Waals surface area contributed by atoms with Crippen LogP contribution in [0.1, 0.15) is 51.1 Å². The summed E-state index contributed by atoms with van der Waals surface area (Å²) in [5.41, 5.74) is 0.300. The van der Waals surface area contributed by atoms with Crippen molar-refractivity contribution in [3.8, 4) is 5.75 Å². The monoisotopic (exact) mass is 302 g/mol. The molecule has 104 valence electrons. The maximum atomic E-state index is 11.1. The molecule has 0 aromatic carbocycles. The van der Waals surface area contributed by atoms with E-state index in [-0.39, 0.29) is 20.6 Å². The summed E-state index contributed by atoms with van der Waals surface area (Å²) in [6, 6.07) is 0. The van der Waals surface area contributed by atoms with Gasteiger partial charge in [0.05, 0.1) is 0 Å². The van der Waals surface area contributed by atoms with Gasteiger partial charge in [0.25, 0.3) is 0 Å². The molecule has 5 nitrogen and oxygen atoms in total. The Kier molecular flexibility index (Phi) is 5.44. The highest BCUT2D eigenvalue weighted by Gasteiger charge is 2.25. The third kappa shape index (κ3) is 3.74. The Hall–Kier alpha value is -1.47. The van der Waals surface area contributed by atoms with Crippen LogP contribution in [0.15, 0.2) is 0 Å². The molecule has 0 saturated heterocycles. The zero-order valence-electron chi connectivity index (χ0n) is 10.6. The largest absolute Gasteiger partial charge is 0.477 e. The number of hydrogen-bond acceptors (Lipinski definition) is 5. The molecule has 1 aromatic heterocycles. The van der Waals surface area contributed by atoms with Gasteiger partial charge in [-0.1, -0.05) is 13.3 Å². The summed E-state index contributed by atoms with van der Waals surface area (Å²) >= 11 is 5.71. The van der Waals surface area contributed by atoms with E-state index < -0.39 is 11.9 Å². The van der Waals surface area contributed by atoms with E-state index in [9.17, 15) is 9.59 Å². The van der Waals surface area contributed by atoms with Gasteiger partial charge in [0.1, 0.15) is 4.88 Å². The van der Waals surface area contributed by atoms with Crippen molar-refractivity contribution in [3.05, 3.63) is 15.3 Å². The van der Waals surface area contributed by atoms with E-state index in [0.717, 1.165) is 12.8 Å². The third-order valence-electron chi connectivity index (χ3n) is 2.43. The molecule has 0 amide bonds. The van der Waals surface area contributed by atoms with Crippen molar-refractivity contribution in [2.24, 2.45) is 0 Å². The Morgan fingerprint density at radius 1 is 1.26 bits per heavy atom. The van der Waals surface area contributed by atoms with Crippen molar-refractivity contribution in [2.75, 3.05) is 0 Å². The van der Waals surface area contributed by atoms with Crippen molar-refractivity contribution in [1.82, 2.24) is 0 Å². The number of thiocarbonyl (C=S) groups is 1. The Morgan fingerprint density at radius 3 is 2.32 bits per heavy atom. The lowest BCUT2D eigenvalue weighted by atomic mass is 10.2. The molecule has 0 spiro atoms. The quantitative estimate of drug-likeness (QED) is 0.784. The smallest absolute Gasteiger partial charge is 0.349 e. The average molecular weight is 302 g/mol. The van der Waals surface area contributed by atoms with E-state index in [2.05, 4.69) is 0 Å². The second-order valence-electron chi connectivity index (χ2n) is 3.90. The van der Waals surface area contributed by atoms with Crippen LogP contribution in [0, 0.1) is 6.92 Å². The third-order valence-corrected chi connectivity index (χ3v) is 3.97. The number of unbranched alkanes of at least 4 members (excludes halogenated alkanes) is 1. The van der Waals surface area contributed by atoms with Crippen LogP contribution in [-0.2, 0) is 0 Å². The lowest BCUT2D eigenvalue weighted by Crippen LogP contribution is -2.08. The van der Waals surface area contributed by atoms with Crippen LogP contribution in [-0.4, -0.2) is 27.2 Å². The van der Waals surface area contributed by atoms with Gasteiger partial charge in [-0.15, -0.1) is 11.3 Å². The first-order chi connectivity index (χ1) is 8.88. The molecule has 0 bridgehead atoms. The van der Waals surface area contributed by atoms with Crippen LogP contribution in [0.4, 0.5) is 0 Å².